The van der Waals surface area contributed by atoms with E-state index in [-0.39, 0.29) is 5.56 Å². The first-order chi connectivity index (χ1) is 11.9. The van der Waals surface area contributed by atoms with Crippen LogP contribution >= 0.6 is 0 Å². The summed E-state index contributed by atoms with van der Waals surface area (Å²) in [7, 11) is 0. The summed E-state index contributed by atoms with van der Waals surface area (Å²) in [5.74, 6) is -0.683. The fourth-order valence-electron chi connectivity index (χ4n) is 3.00. The van der Waals surface area contributed by atoms with Crippen molar-refractivity contribution in [1.82, 2.24) is 9.99 Å². The van der Waals surface area contributed by atoms with Crippen molar-refractivity contribution in [3.8, 4) is 0 Å². The van der Waals surface area contributed by atoms with Crippen LogP contribution < -0.4 is 5.43 Å². The van der Waals surface area contributed by atoms with Gasteiger partial charge < -0.3 is 4.57 Å². The molecule has 1 aliphatic rings. The number of nitrogens with zero attached hydrogens (tertiary/aromatic N) is 2. The molecule has 0 saturated heterocycles. The van der Waals surface area contributed by atoms with Crippen molar-refractivity contribution in [3.05, 3.63) is 59.4 Å². The summed E-state index contributed by atoms with van der Waals surface area (Å²) >= 11 is 0. The van der Waals surface area contributed by atoms with E-state index >= 15 is 0 Å². The van der Waals surface area contributed by atoms with Crippen LogP contribution in [0.3, 0.4) is 0 Å². The summed E-state index contributed by atoms with van der Waals surface area (Å²) in [6, 6.07) is 6.65. The molecule has 1 aromatic heterocycles. The predicted molar refractivity (Wildman–Crippen MR) is 88.4 cm³/mol. The standard InChI is InChI=1S/C18H18F3N3O/c19-18(20,21)15-5-3-4-14(10-15)17(25)23-22-11-13-8-9-24(12-13)16-6-1-2-7-16/h3-5,8-12,16H,1-2,6-7H2,(H,23,25)/b22-11-. The minimum atomic E-state index is -4.48. The Morgan fingerprint density at radius 3 is 2.72 bits per heavy atom. The van der Waals surface area contributed by atoms with Gasteiger partial charge in [0.15, 0.2) is 0 Å². The van der Waals surface area contributed by atoms with Crippen LogP contribution in [0.25, 0.3) is 0 Å². The number of carbonyl (C=O) groups excluding carboxylic acids is 1. The number of hydrogen-bond donors (Lipinski definition) is 1. The van der Waals surface area contributed by atoms with E-state index in [0.29, 0.717) is 6.04 Å². The van der Waals surface area contributed by atoms with Crippen LogP contribution in [-0.2, 0) is 6.18 Å². The van der Waals surface area contributed by atoms with E-state index in [0.717, 1.165) is 30.5 Å². The summed E-state index contributed by atoms with van der Waals surface area (Å²) < 4.78 is 40.2. The maximum Gasteiger partial charge on any atom is 0.416 e. The van der Waals surface area contributed by atoms with Gasteiger partial charge in [-0.2, -0.15) is 18.3 Å². The molecular weight excluding hydrogens is 331 g/mol. The van der Waals surface area contributed by atoms with E-state index in [1.54, 1.807) is 0 Å². The quantitative estimate of drug-likeness (QED) is 0.646. The number of hydrogen-bond acceptors (Lipinski definition) is 2. The summed E-state index contributed by atoms with van der Waals surface area (Å²) in [5, 5.41) is 3.83. The van der Waals surface area contributed by atoms with E-state index < -0.39 is 17.6 Å². The van der Waals surface area contributed by atoms with E-state index in [1.165, 1.54) is 31.2 Å². The van der Waals surface area contributed by atoms with Gasteiger partial charge in [-0.3, -0.25) is 4.79 Å². The predicted octanol–water partition coefficient (Wildman–Crippen LogP) is 4.39. The van der Waals surface area contributed by atoms with Crippen LogP contribution in [0.1, 0.15) is 53.2 Å². The van der Waals surface area contributed by atoms with Crippen LogP contribution in [-0.4, -0.2) is 16.7 Å². The average Bonchev–Trinajstić information content (AvgIpc) is 3.25. The maximum absolute atomic E-state index is 12.7. The third-order valence-corrected chi connectivity index (χ3v) is 4.32. The van der Waals surface area contributed by atoms with Crippen LogP contribution in [0.15, 0.2) is 47.8 Å². The van der Waals surface area contributed by atoms with Crippen molar-refractivity contribution in [1.29, 1.82) is 0 Å². The average molecular weight is 349 g/mol. The molecule has 0 aliphatic heterocycles. The van der Waals surface area contributed by atoms with Gasteiger partial charge in [0.2, 0.25) is 0 Å². The molecule has 0 unspecified atom stereocenters. The highest BCUT2D eigenvalue weighted by Gasteiger charge is 2.30. The van der Waals surface area contributed by atoms with Gasteiger partial charge in [-0.15, -0.1) is 0 Å². The zero-order valence-corrected chi connectivity index (χ0v) is 13.5. The Balaban J connectivity index is 1.61. The fraction of sp³-hybridized carbons (Fsp3) is 0.333. The molecule has 4 nitrogen and oxygen atoms in total. The van der Waals surface area contributed by atoms with Crippen molar-refractivity contribution >= 4 is 12.1 Å². The minimum absolute atomic E-state index is 0.0875. The summed E-state index contributed by atoms with van der Waals surface area (Å²) in [4.78, 5) is 11.9. The highest BCUT2D eigenvalue weighted by atomic mass is 19.4. The summed E-state index contributed by atoms with van der Waals surface area (Å²) in [5.41, 5.74) is 2.14. The fourth-order valence-corrected chi connectivity index (χ4v) is 3.00. The number of carbonyl (C=O) groups is 1. The van der Waals surface area contributed by atoms with Gasteiger partial charge >= 0.3 is 6.18 Å². The minimum Gasteiger partial charge on any atom is -0.351 e. The van der Waals surface area contributed by atoms with Crippen molar-refractivity contribution < 1.29 is 18.0 Å². The molecule has 25 heavy (non-hydrogen) atoms. The molecule has 1 saturated carbocycles. The molecular formula is C18H18F3N3O. The van der Waals surface area contributed by atoms with Crippen LogP contribution in [0, 0.1) is 0 Å². The van der Waals surface area contributed by atoms with Crippen LogP contribution in [0.4, 0.5) is 13.2 Å². The Hall–Kier alpha value is -2.57. The van der Waals surface area contributed by atoms with Gasteiger partial charge in [-0.25, -0.2) is 5.43 Å². The lowest BCUT2D eigenvalue weighted by molar-refractivity contribution is -0.137. The largest absolute Gasteiger partial charge is 0.416 e. The Labute approximate surface area is 143 Å². The van der Waals surface area contributed by atoms with Gasteiger partial charge in [-0.1, -0.05) is 18.9 Å². The lowest BCUT2D eigenvalue weighted by Gasteiger charge is -2.10. The molecule has 0 spiro atoms. The molecule has 1 N–H and O–H groups in total. The molecule has 1 amide bonds. The second-order valence-electron chi connectivity index (χ2n) is 6.11. The topological polar surface area (TPSA) is 46.4 Å². The van der Waals surface area contributed by atoms with Crippen molar-refractivity contribution in [2.24, 2.45) is 5.10 Å². The molecule has 0 bridgehead atoms. The summed E-state index contributed by atoms with van der Waals surface area (Å²) in [6.07, 6.45) is 5.73. The Morgan fingerprint density at radius 1 is 1.24 bits per heavy atom. The van der Waals surface area contributed by atoms with Crippen molar-refractivity contribution in [2.45, 2.75) is 37.9 Å². The number of amides is 1. The maximum atomic E-state index is 12.7. The number of hydrazone groups is 1. The molecule has 7 heteroatoms. The molecule has 3 rings (SSSR count). The normalized spacial score (nSPS) is 15.8. The van der Waals surface area contributed by atoms with E-state index in [9.17, 15) is 18.0 Å². The number of aromatic nitrogens is 1. The van der Waals surface area contributed by atoms with Crippen LogP contribution in [0.5, 0.6) is 0 Å². The molecule has 132 valence electrons. The SMILES string of the molecule is O=C(N/N=C\c1ccn(C2CCCC2)c1)c1cccc(C(F)(F)F)c1. The van der Waals surface area contributed by atoms with Gasteiger partial charge in [0.05, 0.1) is 11.8 Å². The molecule has 1 aromatic carbocycles. The molecule has 1 heterocycles. The highest BCUT2D eigenvalue weighted by Crippen LogP contribution is 2.30. The van der Waals surface area contributed by atoms with E-state index in [2.05, 4.69) is 15.1 Å². The Morgan fingerprint density at radius 2 is 2.00 bits per heavy atom. The van der Waals surface area contributed by atoms with Gasteiger partial charge in [0.25, 0.3) is 5.91 Å². The Bertz CT molecular complexity index is 774. The number of alkyl halides is 3. The van der Waals surface area contributed by atoms with E-state index in [4.69, 9.17) is 0 Å². The summed E-state index contributed by atoms with van der Waals surface area (Å²) in [6.45, 7) is 0. The number of nitrogens with one attached hydrogen (secondary N) is 1. The molecule has 1 fully saturated rings. The number of halogens is 3. The molecule has 0 atom stereocenters. The lowest BCUT2D eigenvalue weighted by atomic mass is 10.1. The lowest BCUT2D eigenvalue weighted by Crippen LogP contribution is -2.18. The van der Waals surface area contributed by atoms with Gasteiger partial charge in [0, 0.05) is 29.6 Å². The smallest absolute Gasteiger partial charge is 0.351 e. The first-order valence-electron chi connectivity index (χ1n) is 8.11. The van der Waals surface area contributed by atoms with Gasteiger partial charge in [0.1, 0.15) is 0 Å². The monoisotopic (exact) mass is 349 g/mol. The Kier molecular flexibility index (Phi) is 4.92. The third kappa shape index (κ3) is 4.29. The van der Waals surface area contributed by atoms with Gasteiger partial charge in [-0.05, 0) is 37.1 Å². The van der Waals surface area contributed by atoms with Crippen molar-refractivity contribution in [3.63, 3.8) is 0 Å². The first-order valence-corrected chi connectivity index (χ1v) is 8.11. The van der Waals surface area contributed by atoms with Crippen molar-refractivity contribution in [2.75, 3.05) is 0 Å². The third-order valence-electron chi connectivity index (χ3n) is 4.32. The van der Waals surface area contributed by atoms with E-state index in [1.807, 2.05) is 18.5 Å². The molecule has 2 aromatic rings. The highest BCUT2D eigenvalue weighted by molar-refractivity contribution is 5.95. The molecule has 0 radical (unpaired) electrons. The second kappa shape index (κ2) is 7.13. The zero-order chi connectivity index (χ0) is 17.9. The molecule has 1 aliphatic carbocycles. The second-order valence-corrected chi connectivity index (χ2v) is 6.11. The van der Waals surface area contributed by atoms with Crippen LogP contribution in [0.2, 0.25) is 0 Å². The number of benzene rings is 1. The zero-order valence-electron chi connectivity index (χ0n) is 13.5. The number of rotatable bonds is 4. The first kappa shape index (κ1) is 17.3.